The summed E-state index contributed by atoms with van der Waals surface area (Å²) in [5.74, 6) is -0.663. The summed E-state index contributed by atoms with van der Waals surface area (Å²) < 4.78 is 13.9. The molecule has 0 radical (unpaired) electrons. The lowest BCUT2D eigenvalue weighted by atomic mass is 10.2. The lowest BCUT2D eigenvalue weighted by Crippen LogP contribution is -2.12. The molecule has 0 amide bonds. The highest BCUT2D eigenvalue weighted by molar-refractivity contribution is 5.72. The molecule has 7 nitrogen and oxygen atoms in total. The molecule has 31 heavy (non-hydrogen) atoms. The number of carbonyl (C=O) groups excluding carboxylic acids is 4. The second kappa shape index (κ2) is 27.6. The van der Waals surface area contributed by atoms with Gasteiger partial charge in [0.25, 0.3) is 0 Å². The average molecular weight is 445 g/mol. The Kier molecular flexibility index (Phi) is 32.0. The van der Waals surface area contributed by atoms with Gasteiger partial charge in [-0.25, -0.2) is 0 Å². The number of hydrogen-bond acceptors (Lipinski definition) is 7. The Bertz CT molecular complexity index is 454. The van der Waals surface area contributed by atoms with Gasteiger partial charge in [-0.15, -0.1) is 0 Å². The normalized spacial score (nSPS) is 9.00. The van der Waals surface area contributed by atoms with Gasteiger partial charge in [0.1, 0.15) is 6.29 Å². The van der Waals surface area contributed by atoms with Crippen LogP contribution in [0.5, 0.6) is 0 Å². The number of ether oxygens (including phenoxy) is 3. The number of rotatable bonds is 10. The summed E-state index contributed by atoms with van der Waals surface area (Å²) in [5, 5.41) is 0. The molecule has 0 aromatic carbocycles. The zero-order valence-electron chi connectivity index (χ0n) is 20.8. The van der Waals surface area contributed by atoms with Crippen molar-refractivity contribution in [3.05, 3.63) is 25.7 Å². The Labute approximate surface area is 189 Å². The van der Waals surface area contributed by atoms with Gasteiger partial charge >= 0.3 is 17.9 Å². The van der Waals surface area contributed by atoms with E-state index in [1.54, 1.807) is 27.7 Å². The first-order valence-electron chi connectivity index (χ1n) is 10.7. The molecule has 0 aliphatic heterocycles. The zero-order valence-corrected chi connectivity index (χ0v) is 20.8. The van der Waals surface area contributed by atoms with Gasteiger partial charge in [0.05, 0.1) is 36.9 Å². The minimum Gasteiger partial charge on any atom is -0.465 e. The highest BCUT2D eigenvalue weighted by atomic mass is 16.5. The number of unbranched alkanes of at least 4 members (excludes halogenated alkanes) is 3. The van der Waals surface area contributed by atoms with Crippen LogP contribution >= 0.6 is 0 Å². The molecule has 0 aliphatic rings. The third-order valence-electron chi connectivity index (χ3n) is 3.06. The predicted octanol–water partition coefficient (Wildman–Crippen LogP) is 5.63. The van der Waals surface area contributed by atoms with Crippen LogP contribution in [0.25, 0.3) is 0 Å². The number of esters is 3. The van der Waals surface area contributed by atoms with E-state index in [4.69, 9.17) is 9.53 Å². The molecule has 0 aliphatic carbocycles. The van der Waals surface area contributed by atoms with Crippen molar-refractivity contribution in [2.24, 2.45) is 17.8 Å². The third kappa shape index (κ3) is 35.4. The first-order chi connectivity index (χ1) is 14.5. The molecule has 0 unspecified atom stereocenters. The van der Waals surface area contributed by atoms with Crippen LogP contribution < -0.4 is 0 Å². The predicted molar refractivity (Wildman–Crippen MR) is 124 cm³/mol. The van der Waals surface area contributed by atoms with Crippen molar-refractivity contribution in [3.8, 4) is 0 Å². The quantitative estimate of drug-likeness (QED) is 0.142. The lowest BCUT2D eigenvalue weighted by Gasteiger charge is -2.05. The molecular weight excluding hydrogens is 400 g/mol. The summed E-state index contributed by atoms with van der Waals surface area (Å²) in [5.41, 5.74) is 0. The summed E-state index contributed by atoms with van der Waals surface area (Å²) in [6, 6.07) is 0. The molecule has 0 atom stereocenters. The first-order valence-corrected chi connectivity index (χ1v) is 10.7. The highest BCUT2D eigenvalue weighted by Gasteiger charge is 2.07. The topological polar surface area (TPSA) is 96.0 Å². The van der Waals surface area contributed by atoms with Gasteiger partial charge in [-0.3, -0.25) is 14.4 Å². The van der Waals surface area contributed by atoms with Crippen LogP contribution in [0.4, 0.5) is 0 Å². The Balaban J connectivity index is -0.000000170. The van der Waals surface area contributed by atoms with Crippen molar-refractivity contribution < 1.29 is 33.4 Å². The van der Waals surface area contributed by atoms with E-state index in [1.807, 2.05) is 13.8 Å². The van der Waals surface area contributed by atoms with Crippen molar-refractivity contribution in [1.82, 2.24) is 0 Å². The zero-order chi connectivity index (χ0) is 25.2. The third-order valence-corrected chi connectivity index (χ3v) is 3.06. The molecule has 0 saturated carbocycles. The molecule has 0 aromatic rings. The van der Waals surface area contributed by atoms with Crippen molar-refractivity contribution in [2.45, 2.75) is 81.1 Å². The van der Waals surface area contributed by atoms with Gasteiger partial charge < -0.3 is 19.0 Å². The maximum Gasteiger partial charge on any atom is 0.313 e. The Morgan fingerprint density at radius 2 is 1.10 bits per heavy atom. The van der Waals surface area contributed by atoms with E-state index in [1.165, 1.54) is 26.2 Å². The second-order valence-electron chi connectivity index (χ2n) is 7.14. The Morgan fingerprint density at radius 1 is 0.742 bits per heavy atom. The fourth-order valence-corrected chi connectivity index (χ4v) is 1.30. The van der Waals surface area contributed by atoms with Crippen molar-refractivity contribution in [2.75, 3.05) is 6.61 Å². The van der Waals surface area contributed by atoms with E-state index >= 15 is 0 Å². The van der Waals surface area contributed by atoms with Gasteiger partial charge in [0.15, 0.2) is 0 Å². The molecule has 0 fully saturated rings. The molecule has 0 spiro atoms. The van der Waals surface area contributed by atoms with Crippen LogP contribution in [0.3, 0.4) is 0 Å². The molecule has 182 valence electrons. The molecular formula is C24H44O7. The van der Waals surface area contributed by atoms with Crippen molar-refractivity contribution >= 4 is 24.2 Å². The van der Waals surface area contributed by atoms with Crippen LogP contribution in [-0.2, 0) is 33.4 Å². The van der Waals surface area contributed by atoms with E-state index in [0.29, 0.717) is 6.61 Å². The van der Waals surface area contributed by atoms with Crippen LogP contribution in [-0.4, -0.2) is 30.8 Å². The van der Waals surface area contributed by atoms with Crippen molar-refractivity contribution in [1.29, 1.82) is 0 Å². The van der Waals surface area contributed by atoms with Crippen LogP contribution in [0.1, 0.15) is 81.1 Å². The molecule has 0 aromatic heterocycles. The fourth-order valence-electron chi connectivity index (χ4n) is 1.30. The van der Waals surface area contributed by atoms with E-state index < -0.39 is 0 Å². The molecule has 0 heterocycles. The Morgan fingerprint density at radius 3 is 1.32 bits per heavy atom. The molecule has 7 heteroatoms. The molecule has 0 rings (SSSR count). The van der Waals surface area contributed by atoms with E-state index in [9.17, 15) is 14.4 Å². The minimum absolute atomic E-state index is 0.0103. The largest absolute Gasteiger partial charge is 0.465 e. The average Bonchev–Trinajstić information content (AvgIpc) is 2.69. The van der Waals surface area contributed by atoms with Crippen LogP contribution in [0.2, 0.25) is 0 Å². The van der Waals surface area contributed by atoms with Crippen LogP contribution in [0.15, 0.2) is 25.7 Å². The maximum absolute atomic E-state index is 11.0. The first kappa shape index (κ1) is 36.0. The summed E-state index contributed by atoms with van der Waals surface area (Å²) in [7, 11) is 0. The van der Waals surface area contributed by atoms with E-state index in [2.05, 4.69) is 29.6 Å². The van der Waals surface area contributed by atoms with Crippen LogP contribution in [0, 0.1) is 17.8 Å². The highest BCUT2D eigenvalue weighted by Crippen LogP contribution is 2.01. The molecule has 0 N–H and O–H groups in total. The lowest BCUT2D eigenvalue weighted by molar-refractivity contribution is -0.147. The number of hydrogen-bond donors (Lipinski definition) is 0. The maximum atomic E-state index is 11.0. The van der Waals surface area contributed by atoms with Gasteiger partial charge in [-0.1, -0.05) is 80.9 Å². The standard InChI is InChI=1S/C10H20O2.2C6H10O2.C2H4O/c1-4-5-6-7-8-12-10(11)9(2)3;2*1-4-8-6(7)5(2)3;1-2-3/h9H,4-8H2,1-3H3;2*4-5H,1H2,2-3H3;2H,1H3. The summed E-state index contributed by atoms with van der Waals surface area (Å²) in [6.07, 6.45) is 7.66. The van der Waals surface area contributed by atoms with Gasteiger partial charge in [-0.05, 0) is 13.3 Å². The summed E-state index contributed by atoms with van der Waals surface area (Å²) in [4.78, 5) is 40.7. The van der Waals surface area contributed by atoms with Gasteiger partial charge in [0, 0.05) is 0 Å². The minimum atomic E-state index is -0.236. The molecule has 0 saturated heterocycles. The monoisotopic (exact) mass is 444 g/mol. The fraction of sp³-hybridized carbons (Fsp3) is 0.667. The Hall–Kier alpha value is -2.44. The summed E-state index contributed by atoms with van der Waals surface area (Å²) in [6.45, 7) is 21.5. The van der Waals surface area contributed by atoms with E-state index in [0.717, 1.165) is 25.2 Å². The second-order valence-corrected chi connectivity index (χ2v) is 7.14. The molecule has 0 bridgehead atoms. The van der Waals surface area contributed by atoms with Gasteiger partial charge in [0.2, 0.25) is 0 Å². The van der Waals surface area contributed by atoms with E-state index in [-0.39, 0.29) is 35.7 Å². The number of aldehydes is 1. The smallest absolute Gasteiger partial charge is 0.313 e. The number of carbonyl (C=O) groups is 4. The summed E-state index contributed by atoms with van der Waals surface area (Å²) >= 11 is 0. The van der Waals surface area contributed by atoms with Gasteiger partial charge in [-0.2, -0.15) is 0 Å². The van der Waals surface area contributed by atoms with Crippen molar-refractivity contribution in [3.63, 3.8) is 0 Å². The SMILES string of the molecule is C=COC(=O)C(C)C.C=COC(=O)C(C)C.CC=O.CCCCCCOC(=O)C(C)C.